The molecule has 0 saturated carbocycles. The van der Waals surface area contributed by atoms with Gasteiger partial charge in [0, 0.05) is 59.6 Å². The highest BCUT2D eigenvalue weighted by Crippen LogP contribution is 2.14. The Morgan fingerprint density at radius 3 is 1.44 bits per heavy atom. The van der Waals surface area contributed by atoms with E-state index in [9.17, 15) is 0 Å². The van der Waals surface area contributed by atoms with E-state index < -0.39 is 17.6 Å². The molecule has 25 heavy (non-hydrogen) atoms. The van der Waals surface area contributed by atoms with Crippen molar-refractivity contribution in [3.8, 4) is 0 Å². The van der Waals surface area contributed by atoms with Crippen LogP contribution in [0.2, 0.25) is 12.1 Å². The number of nitrogens with one attached hydrogen (secondary N) is 2. The molecule has 0 radical (unpaired) electrons. The van der Waals surface area contributed by atoms with Gasteiger partial charge in [-0.05, 0) is 25.9 Å². The zero-order valence-corrected chi connectivity index (χ0v) is 17.8. The average molecular weight is 403 g/mol. The third-order valence-electron chi connectivity index (χ3n) is 3.28. The van der Waals surface area contributed by atoms with Gasteiger partial charge in [-0.2, -0.15) is 0 Å². The van der Waals surface area contributed by atoms with Crippen LogP contribution in [-0.4, -0.2) is 92.6 Å². The van der Waals surface area contributed by atoms with E-state index in [0.29, 0.717) is 26.1 Å². The van der Waals surface area contributed by atoms with Crippen molar-refractivity contribution in [3.05, 3.63) is 0 Å². The molecule has 0 aromatic rings. The molecule has 154 valence electrons. The molecule has 0 saturated heterocycles. The van der Waals surface area contributed by atoms with E-state index >= 15 is 0 Å². The lowest BCUT2D eigenvalue weighted by Crippen LogP contribution is -2.43. The lowest BCUT2D eigenvalue weighted by molar-refractivity contribution is 0.123. The molecule has 0 atom stereocenters. The van der Waals surface area contributed by atoms with Crippen molar-refractivity contribution in [2.75, 3.05) is 60.6 Å². The van der Waals surface area contributed by atoms with Crippen molar-refractivity contribution >= 4 is 17.6 Å². The molecule has 0 aromatic heterocycles. The minimum atomic E-state index is -3.79. The fourth-order valence-corrected chi connectivity index (χ4v) is 4.26. The molecule has 0 amide bonds. The molecular weight excluding hydrogens is 364 g/mol. The summed E-state index contributed by atoms with van der Waals surface area (Å²) in [5, 5.41) is 6.18. The van der Waals surface area contributed by atoms with Crippen molar-refractivity contribution in [2.24, 2.45) is 11.5 Å². The zero-order valence-electron chi connectivity index (χ0n) is 15.8. The van der Waals surface area contributed by atoms with Crippen LogP contribution in [0.1, 0.15) is 12.8 Å². The molecule has 0 unspecified atom stereocenters. The monoisotopic (exact) mass is 402 g/mol. The Balaban J connectivity index is 0. The number of hydrogen-bond acceptors (Lipinski definition) is 10. The molecular formula is C13H38N4O6Si2. The summed E-state index contributed by atoms with van der Waals surface area (Å²) in [5.41, 5.74) is 10.5. The minimum Gasteiger partial charge on any atom is -0.390 e. The summed E-state index contributed by atoms with van der Waals surface area (Å²) in [5.74, 6) is 0. The normalized spacial score (nSPS) is 12.0. The Labute approximate surface area is 153 Å². The fourth-order valence-electron chi connectivity index (χ4n) is 1.89. The first-order valence-corrected chi connectivity index (χ1v) is 12.4. The second-order valence-electron chi connectivity index (χ2n) is 5.35. The van der Waals surface area contributed by atoms with Crippen LogP contribution >= 0.6 is 0 Å². The standard InChI is InChI=1S/C8H22N2O3Si.C5H16N2O3Si/c1-11-14(12-2,13-3)8-4-6-10-7-5-9;6-2-4-7-3-1-5-11(8,9)10/h10H,4-9H2,1-3H3;7-10H,1-6H2. The van der Waals surface area contributed by atoms with Crippen LogP contribution in [0.5, 0.6) is 0 Å². The second kappa shape index (κ2) is 17.4. The van der Waals surface area contributed by atoms with Gasteiger partial charge in [0.25, 0.3) is 0 Å². The van der Waals surface area contributed by atoms with Crippen LogP contribution in [0.4, 0.5) is 0 Å². The first kappa shape index (κ1) is 27.3. The summed E-state index contributed by atoms with van der Waals surface area (Å²) in [6.07, 6.45) is 1.54. The highest BCUT2D eigenvalue weighted by Gasteiger charge is 2.36. The number of nitrogens with two attached hydrogens (primary N) is 2. The summed E-state index contributed by atoms with van der Waals surface area (Å²) < 4.78 is 15.9. The third-order valence-corrected chi connectivity index (χ3v) is 7.13. The molecule has 0 aliphatic rings. The first-order valence-electron chi connectivity index (χ1n) is 8.45. The summed E-state index contributed by atoms with van der Waals surface area (Å²) >= 11 is 0. The summed E-state index contributed by atoms with van der Waals surface area (Å²) in [7, 11) is -1.24. The number of rotatable bonds is 15. The highest BCUT2D eigenvalue weighted by molar-refractivity contribution is 6.60. The maximum atomic E-state index is 8.57. The van der Waals surface area contributed by atoms with Gasteiger partial charge < -0.3 is 49.8 Å². The fraction of sp³-hybridized carbons (Fsp3) is 1.00. The molecule has 12 heteroatoms. The van der Waals surface area contributed by atoms with E-state index in [0.717, 1.165) is 32.1 Å². The smallest absolute Gasteiger partial charge is 0.390 e. The molecule has 0 aliphatic carbocycles. The minimum absolute atomic E-state index is 0.0879. The molecule has 10 nitrogen and oxygen atoms in total. The van der Waals surface area contributed by atoms with E-state index in [-0.39, 0.29) is 6.04 Å². The van der Waals surface area contributed by atoms with Crippen molar-refractivity contribution in [1.29, 1.82) is 0 Å². The van der Waals surface area contributed by atoms with Gasteiger partial charge in [0.2, 0.25) is 0 Å². The maximum absolute atomic E-state index is 8.57. The van der Waals surface area contributed by atoms with E-state index in [1.165, 1.54) is 0 Å². The molecule has 0 spiro atoms. The Kier molecular flexibility index (Phi) is 19.0. The molecule has 0 bridgehead atoms. The Hall–Kier alpha value is 0.0338. The second-order valence-corrected chi connectivity index (χ2v) is 10.5. The Morgan fingerprint density at radius 2 is 1.12 bits per heavy atom. The van der Waals surface area contributed by atoms with Crippen LogP contribution < -0.4 is 22.1 Å². The topological polar surface area (TPSA) is 164 Å². The lowest BCUT2D eigenvalue weighted by atomic mass is 10.5. The van der Waals surface area contributed by atoms with Crippen LogP contribution in [0.25, 0.3) is 0 Å². The largest absolute Gasteiger partial charge is 0.500 e. The molecule has 0 aromatic carbocycles. The first-order chi connectivity index (χ1) is 11.8. The van der Waals surface area contributed by atoms with Crippen LogP contribution in [0, 0.1) is 0 Å². The van der Waals surface area contributed by atoms with E-state index in [2.05, 4.69) is 10.6 Å². The summed E-state index contributed by atoms with van der Waals surface area (Å²) in [6.45, 7) is 4.38. The average Bonchev–Trinajstić information content (AvgIpc) is 2.58. The molecule has 0 aliphatic heterocycles. The van der Waals surface area contributed by atoms with Gasteiger partial charge in [0.15, 0.2) is 0 Å². The highest BCUT2D eigenvalue weighted by atomic mass is 28.4. The summed E-state index contributed by atoms with van der Waals surface area (Å²) in [6, 6.07) is 0.915. The van der Waals surface area contributed by atoms with Crippen LogP contribution in [0.3, 0.4) is 0 Å². The van der Waals surface area contributed by atoms with Crippen molar-refractivity contribution in [3.63, 3.8) is 0 Å². The van der Waals surface area contributed by atoms with Gasteiger partial charge >= 0.3 is 17.6 Å². The van der Waals surface area contributed by atoms with Crippen molar-refractivity contribution in [2.45, 2.75) is 24.9 Å². The predicted octanol–water partition coefficient (Wildman–Crippen LogP) is -2.36. The quantitative estimate of drug-likeness (QED) is 0.116. The van der Waals surface area contributed by atoms with Crippen LogP contribution in [0.15, 0.2) is 0 Å². The van der Waals surface area contributed by atoms with Crippen molar-refractivity contribution < 1.29 is 27.7 Å². The Bertz CT molecular complexity index is 275. The number of hydrogen-bond donors (Lipinski definition) is 7. The molecule has 0 fully saturated rings. The van der Waals surface area contributed by atoms with E-state index in [1.54, 1.807) is 21.3 Å². The molecule has 0 rings (SSSR count). The van der Waals surface area contributed by atoms with Crippen LogP contribution in [-0.2, 0) is 13.3 Å². The van der Waals surface area contributed by atoms with E-state index in [4.69, 9.17) is 39.1 Å². The SMILES string of the molecule is CO[Si](CCCNCCN)(OC)OC.NCCNCCC[Si](O)(O)O. The van der Waals surface area contributed by atoms with Gasteiger partial charge in [0.1, 0.15) is 0 Å². The molecule has 0 heterocycles. The van der Waals surface area contributed by atoms with Gasteiger partial charge in [-0.1, -0.05) is 0 Å². The third kappa shape index (κ3) is 18.6. The molecule has 9 N–H and O–H groups in total. The predicted molar refractivity (Wildman–Crippen MR) is 102 cm³/mol. The zero-order chi connectivity index (χ0) is 19.6. The van der Waals surface area contributed by atoms with Gasteiger partial charge in [-0.3, -0.25) is 0 Å². The van der Waals surface area contributed by atoms with E-state index in [1.807, 2.05) is 0 Å². The van der Waals surface area contributed by atoms with Gasteiger partial charge in [-0.25, -0.2) is 0 Å². The maximum Gasteiger partial charge on any atom is 0.500 e. The summed E-state index contributed by atoms with van der Waals surface area (Å²) in [4.78, 5) is 25.7. The van der Waals surface area contributed by atoms with Gasteiger partial charge in [0.05, 0.1) is 0 Å². The lowest BCUT2D eigenvalue weighted by Gasteiger charge is -2.24. The van der Waals surface area contributed by atoms with Crippen molar-refractivity contribution in [1.82, 2.24) is 10.6 Å². The Morgan fingerprint density at radius 1 is 0.720 bits per heavy atom. The van der Waals surface area contributed by atoms with Gasteiger partial charge in [-0.15, -0.1) is 0 Å².